The number of methoxy groups -OCH3 is 2. The molecular weight excluding hydrogens is 452 g/mol. The molecule has 0 N–H and O–H groups in total. The third-order valence-electron chi connectivity index (χ3n) is 2.86. The van der Waals surface area contributed by atoms with Crippen molar-refractivity contribution in [3.05, 3.63) is 55.2 Å². The Morgan fingerprint density at radius 2 is 1.64 bits per heavy atom. The van der Waals surface area contributed by atoms with Crippen LogP contribution in [-0.4, -0.2) is 26.4 Å². The minimum atomic E-state index is -5.19. The Labute approximate surface area is 153 Å². The molecule has 0 saturated heterocycles. The molecule has 0 aliphatic heterocycles. The van der Waals surface area contributed by atoms with Crippen molar-refractivity contribution in [3.63, 3.8) is 0 Å². The highest BCUT2D eigenvalue weighted by molar-refractivity contribution is 5.70. The van der Waals surface area contributed by atoms with Gasteiger partial charge in [-0.25, -0.2) is 0 Å². The summed E-state index contributed by atoms with van der Waals surface area (Å²) in [5.41, 5.74) is 1.29. The van der Waals surface area contributed by atoms with Crippen LogP contribution in [-0.2, 0) is 4.79 Å². The lowest BCUT2D eigenvalue weighted by atomic mass is 10.2. The Balaban J connectivity index is 0.000000381. The van der Waals surface area contributed by atoms with E-state index in [0.717, 1.165) is 11.5 Å². The molecule has 2 aromatic rings. The first-order chi connectivity index (χ1) is 11.7. The summed E-state index contributed by atoms with van der Waals surface area (Å²) in [4.78, 5) is 8.78. The average molecular weight is 468 g/mol. The van der Waals surface area contributed by atoms with Crippen LogP contribution in [0, 0.1) is 14.1 Å². The van der Waals surface area contributed by atoms with Crippen molar-refractivity contribution in [2.45, 2.75) is 13.1 Å². The first kappa shape index (κ1) is 21.1. The zero-order valence-corrected chi connectivity index (χ0v) is 15.8. The maximum atomic E-state index is 10.5. The van der Waals surface area contributed by atoms with Gasteiger partial charge in [-0.05, 0) is 37.3 Å². The van der Waals surface area contributed by atoms with Crippen LogP contribution >= 0.6 is 0 Å². The van der Waals surface area contributed by atoms with Gasteiger partial charge in [-0.15, -0.1) is 0 Å². The molecule has 4 nitrogen and oxygen atoms in total. The number of hydrogen-bond acceptors (Lipinski definition) is 4. The summed E-state index contributed by atoms with van der Waals surface area (Å²) in [6.07, 6.45) is -5.19. The van der Waals surface area contributed by atoms with E-state index in [1.807, 2.05) is 18.2 Å². The molecule has 0 saturated carbocycles. The van der Waals surface area contributed by atoms with E-state index in [0.29, 0.717) is 0 Å². The van der Waals surface area contributed by atoms with E-state index >= 15 is 0 Å². The third kappa shape index (κ3) is 6.81. The van der Waals surface area contributed by atoms with Gasteiger partial charge < -0.3 is 19.4 Å². The van der Waals surface area contributed by atoms with Gasteiger partial charge in [0.1, 0.15) is 11.7 Å². The number of carbonyl (C=O) groups is 1. The van der Waals surface area contributed by atoms with Gasteiger partial charge in [-0.2, -0.15) is 13.2 Å². The lowest BCUT2D eigenvalue weighted by Crippen LogP contribution is -3.61. The SMILES string of the molecule is COc1ccc([I+]c2ccccc2OC)c(C)c1.O=C([O-])C(F)(F)F. The fourth-order valence-electron chi connectivity index (χ4n) is 1.65. The molecule has 0 bridgehead atoms. The number of ether oxygens (including phenoxy) is 2. The number of hydrogen-bond donors (Lipinski definition) is 0. The van der Waals surface area contributed by atoms with Crippen molar-refractivity contribution in [3.8, 4) is 11.5 Å². The Morgan fingerprint density at radius 1 is 1.04 bits per heavy atom. The number of benzene rings is 2. The smallest absolute Gasteiger partial charge is 0.430 e. The molecule has 2 aromatic carbocycles. The number of halogens is 4. The standard InChI is InChI=1S/C15H16IO2.C2HF3O2/c1-11-10-12(17-2)8-9-13(11)16-14-6-4-5-7-15(14)18-3;3-2(4,5)1(6)7/h4-10H,1-3H3;(H,6,7)/q+1;/p-1. The van der Waals surface area contributed by atoms with E-state index in [1.165, 1.54) is 12.7 Å². The Bertz CT molecular complexity index is 717. The molecule has 0 spiro atoms. The molecule has 0 aliphatic carbocycles. The van der Waals surface area contributed by atoms with E-state index in [2.05, 4.69) is 31.2 Å². The normalized spacial score (nSPS) is 10.5. The van der Waals surface area contributed by atoms with Crippen LogP contribution in [0.1, 0.15) is 5.56 Å². The molecule has 136 valence electrons. The lowest BCUT2D eigenvalue weighted by molar-refractivity contribution is -0.598. The van der Waals surface area contributed by atoms with E-state index in [-0.39, 0.29) is 21.2 Å². The molecule has 2 rings (SSSR count). The van der Waals surface area contributed by atoms with E-state index in [1.54, 1.807) is 14.2 Å². The van der Waals surface area contributed by atoms with E-state index < -0.39 is 12.1 Å². The van der Waals surface area contributed by atoms with Crippen LogP contribution < -0.4 is 35.8 Å². The molecule has 25 heavy (non-hydrogen) atoms. The summed E-state index contributed by atoms with van der Waals surface area (Å²) in [5, 5.41) is 8.78. The fourth-order valence-corrected chi connectivity index (χ4v) is 4.27. The van der Waals surface area contributed by atoms with Gasteiger partial charge in [-0.3, -0.25) is 0 Å². The van der Waals surface area contributed by atoms with E-state index in [4.69, 9.17) is 19.4 Å². The van der Waals surface area contributed by atoms with Crippen LogP contribution in [0.25, 0.3) is 0 Å². The summed E-state index contributed by atoms with van der Waals surface area (Å²) in [7, 11) is 3.42. The van der Waals surface area contributed by atoms with Gasteiger partial charge in [-0.1, -0.05) is 12.1 Å². The third-order valence-corrected chi connectivity index (χ3v) is 6.12. The van der Waals surface area contributed by atoms with Crippen LogP contribution in [0.4, 0.5) is 13.2 Å². The number of aryl methyl sites for hydroxylation is 1. The van der Waals surface area contributed by atoms with Crippen LogP contribution in [0.5, 0.6) is 11.5 Å². The van der Waals surface area contributed by atoms with Crippen molar-refractivity contribution in [1.29, 1.82) is 0 Å². The Kier molecular flexibility index (Phi) is 8.01. The summed E-state index contributed by atoms with van der Waals surface area (Å²) in [6, 6.07) is 14.5. The number of aliphatic carboxylic acids is 1. The predicted molar refractivity (Wildman–Crippen MR) is 79.2 cm³/mol. The van der Waals surface area contributed by atoms with Gasteiger partial charge in [0, 0.05) is 5.56 Å². The van der Waals surface area contributed by atoms with Crippen molar-refractivity contribution >= 4 is 5.97 Å². The number of rotatable bonds is 4. The number of alkyl halides is 3. The Morgan fingerprint density at radius 3 is 2.12 bits per heavy atom. The molecule has 0 radical (unpaired) electrons. The number of carboxylic acid groups (broad SMARTS) is 1. The average Bonchev–Trinajstić information content (AvgIpc) is 2.56. The summed E-state index contributed by atoms with van der Waals surface area (Å²) in [5.74, 6) is -1.10. The van der Waals surface area contributed by atoms with Gasteiger partial charge in [0.05, 0.1) is 14.2 Å². The maximum Gasteiger partial charge on any atom is 0.430 e. The number of carbonyl (C=O) groups excluding carboxylic acids is 1. The topological polar surface area (TPSA) is 58.6 Å². The van der Waals surface area contributed by atoms with E-state index in [9.17, 15) is 13.2 Å². The number of para-hydroxylation sites is 1. The summed E-state index contributed by atoms with van der Waals surface area (Å²) >= 11 is -0.220. The molecule has 0 unspecified atom stereocenters. The minimum Gasteiger partial charge on any atom is -0.542 e. The summed E-state index contributed by atoms with van der Waals surface area (Å²) in [6.45, 7) is 2.13. The maximum absolute atomic E-state index is 10.5. The molecule has 0 atom stereocenters. The molecule has 0 aromatic heterocycles. The highest BCUT2D eigenvalue weighted by Crippen LogP contribution is 2.12. The second kappa shape index (κ2) is 9.50. The zero-order valence-electron chi connectivity index (χ0n) is 13.7. The van der Waals surface area contributed by atoms with Gasteiger partial charge in [0.15, 0.2) is 9.32 Å². The second-order valence-electron chi connectivity index (χ2n) is 4.63. The molecule has 0 heterocycles. The van der Waals surface area contributed by atoms with Crippen LogP contribution in [0.2, 0.25) is 0 Å². The van der Waals surface area contributed by atoms with Crippen LogP contribution in [0.15, 0.2) is 42.5 Å². The van der Waals surface area contributed by atoms with Gasteiger partial charge in [0.2, 0.25) is 3.57 Å². The zero-order chi connectivity index (χ0) is 19.0. The molecule has 8 heteroatoms. The van der Waals surface area contributed by atoms with Gasteiger partial charge in [0.25, 0.3) is 0 Å². The highest BCUT2D eigenvalue weighted by atomic mass is 127. The largest absolute Gasteiger partial charge is 0.542 e. The first-order valence-electron chi connectivity index (χ1n) is 6.89. The van der Waals surface area contributed by atoms with Gasteiger partial charge >= 0.3 is 27.4 Å². The predicted octanol–water partition coefficient (Wildman–Crippen LogP) is -0.561. The van der Waals surface area contributed by atoms with Crippen molar-refractivity contribution in [2.24, 2.45) is 0 Å². The molecule has 0 fully saturated rings. The monoisotopic (exact) mass is 468 g/mol. The van der Waals surface area contributed by atoms with Crippen LogP contribution in [0.3, 0.4) is 0 Å². The molecular formula is C17H16F3IO4. The lowest BCUT2D eigenvalue weighted by Gasteiger charge is -2.03. The molecule has 0 aliphatic rings. The summed E-state index contributed by atoms with van der Waals surface area (Å²) < 4.78 is 44.9. The quantitative estimate of drug-likeness (QED) is 0.565. The Hall–Kier alpha value is -1.97. The van der Waals surface area contributed by atoms with Crippen molar-refractivity contribution in [2.75, 3.05) is 14.2 Å². The van der Waals surface area contributed by atoms with Crippen molar-refractivity contribution < 1.29 is 53.8 Å². The minimum absolute atomic E-state index is 0.220. The highest BCUT2D eigenvalue weighted by Gasteiger charge is 2.28. The second-order valence-corrected chi connectivity index (χ2v) is 7.49. The number of carboxylic acids is 1. The fraction of sp³-hybridized carbons (Fsp3) is 0.235. The first-order valence-corrected chi connectivity index (χ1v) is 9.05. The van der Waals surface area contributed by atoms with Crippen molar-refractivity contribution in [1.82, 2.24) is 0 Å². The molecule has 0 amide bonds.